The first-order valence-electron chi connectivity index (χ1n) is 5.61. The van der Waals surface area contributed by atoms with Crippen molar-refractivity contribution < 1.29 is 14.6 Å². The molecule has 0 spiro atoms. The minimum atomic E-state index is -0.713. The molecule has 0 aliphatic rings. The van der Waals surface area contributed by atoms with Crippen molar-refractivity contribution in [2.24, 2.45) is 5.73 Å². The van der Waals surface area contributed by atoms with Crippen LogP contribution in [0.15, 0.2) is 17.5 Å². The number of primary amides is 1. The lowest BCUT2D eigenvalue weighted by molar-refractivity contribution is 0.0991. The molecule has 2 heterocycles. The normalized spacial score (nSPS) is 10.6. The van der Waals surface area contributed by atoms with Crippen LogP contribution < -0.4 is 5.73 Å². The number of hydrogen-bond acceptors (Lipinski definition) is 5. The molecule has 0 aliphatic carbocycles. The fraction of sp³-hybridized carbons (Fsp3) is 0.231. The molecule has 0 aliphatic heterocycles. The zero-order chi connectivity index (χ0) is 14.0. The molecule has 0 aromatic carbocycles. The molecule has 0 radical (unpaired) electrons. The van der Waals surface area contributed by atoms with E-state index in [9.17, 15) is 9.90 Å². The molecule has 100 valence electrons. The molecule has 1 amide bonds. The first-order chi connectivity index (χ1) is 9.06. The lowest BCUT2D eigenvalue weighted by Crippen LogP contribution is -2.16. The minimum Gasteiger partial charge on any atom is -0.506 e. The van der Waals surface area contributed by atoms with Crippen molar-refractivity contribution in [3.63, 3.8) is 0 Å². The summed E-state index contributed by atoms with van der Waals surface area (Å²) in [6.07, 6.45) is 0. The van der Waals surface area contributed by atoms with Crippen LogP contribution in [-0.4, -0.2) is 23.1 Å². The van der Waals surface area contributed by atoms with Crippen LogP contribution in [0.4, 0.5) is 0 Å². The zero-order valence-corrected chi connectivity index (χ0v) is 11.5. The number of thiophene rings is 1. The number of aromatic nitrogens is 1. The molecule has 2 aromatic heterocycles. The maximum absolute atomic E-state index is 11.5. The van der Waals surface area contributed by atoms with Gasteiger partial charge in [0.2, 0.25) is 0 Å². The topological polar surface area (TPSA) is 85.4 Å². The predicted octanol–water partition coefficient (Wildman–Crippen LogP) is 2.07. The van der Waals surface area contributed by atoms with Gasteiger partial charge in [0.25, 0.3) is 5.91 Å². The van der Waals surface area contributed by atoms with Gasteiger partial charge < -0.3 is 15.6 Å². The number of carbonyl (C=O) groups excluding carboxylic acids is 1. The van der Waals surface area contributed by atoms with Gasteiger partial charge in [0.1, 0.15) is 11.3 Å². The standard InChI is InChI=1S/C13H14N2O3S/c1-7-10(9-4-3-5-19-9)12(16)11(13(14)17)8(15-7)6-18-2/h3-5H,6H2,1-2H3,(H2,14,17)(H,15,16). The summed E-state index contributed by atoms with van der Waals surface area (Å²) < 4.78 is 4.98. The van der Waals surface area contributed by atoms with Crippen molar-refractivity contribution >= 4 is 17.2 Å². The third-order valence-corrected chi connectivity index (χ3v) is 3.61. The molecule has 19 heavy (non-hydrogen) atoms. The van der Waals surface area contributed by atoms with Crippen LogP contribution >= 0.6 is 11.3 Å². The highest BCUT2D eigenvalue weighted by molar-refractivity contribution is 7.13. The van der Waals surface area contributed by atoms with Gasteiger partial charge in [-0.05, 0) is 18.4 Å². The molecular weight excluding hydrogens is 264 g/mol. The van der Waals surface area contributed by atoms with E-state index in [-0.39, 0.29) is 17.9 Å². The van der Waals surface area contributed by atoms with Gasteiger partial charge in [-0.2, -0.15) is 0 Å². The Hall–Kier alpha value is -1.92. The Kier molecular flexibility index (Phi) is 3.82. The number of pyridine rings is 1. The van der Waals surface area contributed by atoms with Gasteiger partial charge >= 0.3 is 0 Å². The van der Waals surface area contributed by atoms with Gasteiger partial charge in [-0.1, -0.05) is 6.07 Å². The second-order valence-electron chi connectivity index (χ2n) is 4.02. The highest BCUT2D eigenvalue weighted by Gasteiger charge is 2.22. The predicted molar refractivity (Wildman–Crippen MR) is 73.2 cm³/mol. The Labute approximate surface area is 114 Å². The van der Waals surface area contributed by atoms with Crippen LogP contribution in [0, 0.1) is 6.92 Å². The fourth-order valence-corrected chi connectivity index (χ4v) is 2.79. The van der Waals surface area contributed by atoms with Crippen molar-refractivity contribution in [1.82, 2.24) is 4.98 Å². The van der Waals surface area contributed by atoms with Gasteiger partial charge in [0.05, 0.1) is 23.6 Å². The lowest BCUT2D eigenvalue weighted by Gasteiger charge is -2.13. The van der Waals surface area contributed by atoms with Crippen LogP contribution in [0.25, 0.3) is 10.4 Å². The summed E-state index contributed by atoms with van der Waals surface area (Å²) in [6, 6.07) is 3.72. The Morgan fingerprint density at radius 1 is 1.58 bits per heavy atom. The Morgan fingerprint density at radius 3 is 2.84 bits per heavy atom. The van der Waals surface area contributed by atoms with Crippen LogP contribution in [0.5, 0.6) is 5.75 Å². The molecule has 0 fully saturated rings. The van der Waals surface area contributed by atoms with Gasteiger partial charge in [-0.25, -0.2) is 0 Å². The van der Waals surface area contributed by atoms with E-state index in [1.54, 1.807) is 6.92 Å². The zero-order valence-electron chi connectivity index (χ0n) is 10.6. The molecule has 0 atom stereocenters. The van der Waals surface area contributed by atoms with Crippen LogP contribution in [0.1, 0.15) is 21.7 Å². The average molecular weight is 278 g/mol. The number of carbonyl (C=O) groups is 1. The van der Waals surface area contributed by atoms with E-state index < -0.39 is 5.91 Å². The summed E-state index contributed by atoms with van der Waals surface area (Å²) in [5, 5.41) is 12.2. The molecule has 5 nitrogen and oxygen atoms in total. The second kappa shape index (κ2) is 5.38. The van der Waals surface area contributed by atoms with Crippen LogP contribution in [0.2, 0.25) is 0 Å². The largest absolute Gasteiger partial charge is 0.506 e. The van der Waals surface area contributed by atoms with E-state index in [1.165, 1.54) is 18.4 Å². The minimum absolute atomic E-state index is 0.0239. The van der Waals surface area contributed by atoms with E-state index in [2.05, 4.69) is 4.98 Å². The number of nitrogens with two attached hydrogens (primary N) is 1. The van der Waals surface area contributed by atoms with E-state index in [4.69, 9.17) is 10.5 Å². The van der Waals surface area contributed by atoms with Crippen LogP contribution in [-0.2, 0) is 11.3 Å². The molecule has 6 heteroatoms. The molecule has 0 unspecified atom stereocenters. The van der Waals surface area contributed by atoms with Gasteiger partial charge in [-0.15, -0.1) is 11.3 Å². The van der Waals surface area contributed by atoms with Gasteiger partial charge in [-0.3, -0.25) is 9.78 Å². The molecular formula is C13H14N2O3S. The number of aryl methyl sites for hydroxylation is 1. The summed E-state index contributed by atoms with van der Waals surface area (Å²) >= 11 is 1.46. The van der Waals surface area contributed by atoms with E-state index in [0.29, 0.717) is 17.0 Å². The number of amides is 1. The number of hydrogen-bond donors (Lipinski definition) is 2. The maximum Gasteiger partial charge on any atom is 0.254 e. The quantitative estimate of drug-likeness (QED) is 0.896. The summed E-state index contributed by atoms with van der Waals surface area (Å²) in [5.41, 5.74) is 6.88. The Bertz CT molecular complexity index is 609. The Morgan fingerprint density at radius 2 is 2.32 bits per heavy atom. The van der Waals surface area contributed by atoms with Crippen molar-refractivity contribution in [2.45, 2.75) is 13.5 Å². The monoisotopic (exact) mass is 278 g/mol. The number of nitrogens with zero attached hydrogens (tertiary/aromatic N) is 1. The Balaban J connectivity index is 2.70. The number of ether oxygens (including phenoxy) is 1. The SMILES string of the molecule is COCc1nc(C)c(-c2cccs2)c(O)c1C(N)=O. The van der Waals surface area contributed by atoms with Crippen molar-refractivity contribution in [3.8, 4) is 16.2 Å². The molecule has 0 bridgehead atoms. The number of aromatic hydroxyl groups is 1. The summed E-state index contributed by atoms with van der Waals surface area (Å²) in [7, 11) is 1.49. The molecule has 2 aromatic rings. The van der Waals surface area contributed by atoms with Gasteiger partial charge in [0, 0.05) is 12.0 Å². The summed E-state index contributed by atoms with van der Waals surface area (Å²) in [4.78, 5) is 16.7. The molecule has 2 rings (SSSR count). The molecule has 0 saturated heterocycles. The van der Waals surface area contributed by atoms with Crippen molar-refractivity contribution in [1.29, 1.82) is 0 Å². The smallest absolute Gasteiger partial charge is 0.254 e. The van der Waals surface area contributed by atoms with Crippen molar-refractivity contribution in [2.75, 3.05) is 7.11 Å². The van der Waals surface area contributed by atoms with E-state index in [1.807, 2.05) is 17.5 Å². The second-order valence-corrected chi connectivity index (χ2v) is 4.96. The fourth-order valence-electron chi connectivity index (χ4n) is 1.96. The third-order valence-electron chi connectivity index (χ3n) is 2.72. The maximum atomic E-state index is 11.5. The van der Waals surface area contributed by atoms with Crippen molar-refractivity contribution in [3.05, 3.63) is 34.5 Å². The first kappa shape index (κ1) is 13.5. The van der Waals surface area contributed by atoms with Crippen LogP contribution in [0.3, 0.4) is 0 Å². The summed E-state index contributed by atoms with van der Waals surface area (Å²) in [6.45, 7) is 1.90. The highest BCUT2D eigenvalue weighted by atomic mass is 32.1. The average Bonchev–Trinajstić information content (AvgIpc) is 2.81. The highest BCUT2D eigenvalue weighted by Crippen LogP contribution is 2.38. The van der Waals surface area contributed by atoms with Gasteiger partial charge in [0.15, 0.2) is 0 Å². The summed E-state index contributed by atoms with van der Waals surface area (Å²) in [5.74, 6) is -0.843. The van der Waals surface area contributed by atoms with E-state index in [0.717, 1.165) is 4.88 Å². The molecule has 3 N–H and O–H groups in total. The first-order valence-corrected chi connectivity index (χ1v) is 6.49. The lowest BCUT2D eigenvalue weighted by atomic mass is 10.0. The number of methoxy groups -OCH3 is 1. The third kappa shape index (κ3) is 2.45. The molecule has 0 saturated carbocycles. The van der Waals surface area contributed by atoms with E-state index >= 15 is 0 Å². The number of rotatable bonds is 4.